The van der Waals surface area contributed by atoms with Crippen LogP contribution in [-0.2, 0) is 17.6 Å². The summed E-state index contributed by atoms with van der Waals surface area (Å²) in [5.41, 5.74) is 3.17. The molecule has 0 N–H and O–H groups in total. The van der Waals surface area contributed by atoms with Gasteiger partial charge in [0.05, 0.1) is 20.6 Å². The summed E-state index contributed by atoms with van der Waals surface area (Å²) in [4.78, 5) is 16.9. The fourth-order valence-electron chi connectivity index (χ4n) is 4.00. The van der Waals surface area contributed by atoms with Crippen LogP contribution in [0.1, 0.15) is 23.1 Å². The van der Waals surface area contributed by atoms with Gasteiger partial charge in [-0.05, 0) is 73.5 Å². The molecule has 33 heavy (non-hydrogen) atoms. The molecule has 0 atom stereocenters. The van der Waals surface area contributed by atoms with Gasteiger partial charge in [-0.15, -0.1) is 12.4 Å². The predicted octanol–water partition coefficient (Wildman–Crippen LogP) is 3.77. The van der Waals surface area contributed by atoms with Crippen molar-refractivity contribution in [3.8, 4) is 23.0 Å². The quantitative estimate of drug-likeness (QED) is 0.551. The summed E-state index contributed by atoms with van der Waals surface area (Å²) in [5, 5.41) is 0. The highest BCUT2D eigenvalue weighted by Crippen LogP contribution is 2.33. The van der Waals surface area contributed by atoms with Gasteiger partial charge in [-0.2, -0.15) is 0 Å². The topological polar surface area (TPSA) is 60.5 Å². The van der Waals surface area contributed by atoms with E-state index in [0.717, 1.165) is 48.6 Å². The zero-order chi connectivity index (χ0) is 22.5. The van der Waals surface area contributed by atoms with E-state index < -0.39 is 0 Å². The average molecular weight is 475 g/mol. The summed E-state index contributed by atoms with van der Waals surface area (Å²) in [6.07, 6.45) is 6.05. The van der Waals surface area contributed by atoms with Gasteiger partial charge in [0.2, 0.25) is 12.7 Å². The van der Waals surface area contributed by atoms with E-state index in [9.17, 15) is 4.79 Å². The summed E-state index contributed by atoms with van der Waals surface area (Å²) < 4.78 is 21.6. The molecule has 0 unspecified atom stereocenters. The van der Waals surface area contributed by atoms with Crippen molar-refractivity contribution >= 4 is 24.4 Å². The van der Waals surface area contributed by atoms with Crippen molar-refractivity contribution in [2.75, 3.05) is 47.7 Å². The van der Waals surface area contributed by atoms with E-state index in [2.05, 4.69) is 24.1 Å². The van der Waals surface area contributed by atoms with E-state index in [1.807, 2.05) is 35.4 Å². The third-order valence-corrected chi connectivity index (χ3v) is 5.90. The van der Waals surface area contributed by atoms with Gasteiger partial charge in [0.25, 0.3) is 0 Å². The normalized spacial score (nSPS) is 14.1. The maximum absolute atomic E-state index is 12.8. The van der Waals surface area contributed by atoms with Crippen LogP contribution in [0, 0.1) is 0 Å². The molecule has 178 valence electrons. The Morgan fingerprint density at radius 2 is 1.79 bits per heavy atom. The number of methoxy groups -OCH3 is 2. The molecule has 8 heteroatoms. The van der Waals surface area contributed by atoms with Crippen LogP contribution >= 0.6 is 12.4 Å². The zero-order valence-electron chi connectivity index (χ0n) is 19.3. The molecule has 0 spiro atoms. The van der Waals surface area contributed by atoms with Crippen molar-refractivity contribution in [2.45, 2.75) is 19.3 Å². The summed E-state index contributed by atoms with van der Waals surface area (Å²) in [7, 11) is 5.33. The number of nitrogens with zero attached hydrogens (tertiary/aromatic N) is 2. The number of fused-ring (bicyclic) bond motifs is 2. The number of halogens is 1. The van der Waals surface area contributed by atoms with E-state index in [1.165, 1.54) is 5.56 Å². The highest BCUT2D eigenvalue weighted by molar-refractivity contribution is 5.85. The third kappa shape index (κ3) is 5.92. The molecule has 0 saturated carbocycles. The van der Waals surface area contributed by atoms with E-state index in [1.54, 1.807) is 14.2 Å². The minimum Gasteiger partial charge on any atom is -0.493 e. The Bertz CT molecular complexity index is 1010. The number of carbonyl (C=O) groups excluding carboxylic acids is 1. The molecule has 7 nitrogen and oxygen atoms in total. The van der Waals surface area contributed by atoms with Crippen LogP contribution in [0.3, 0.4) is 0 Å². The lowest BCUT2D eigenvalue weighted by molar-refractivity contribution is -0.127. The number of hydrogen-bond acceptors (Lipinski definition) is 6. The molecule has 2 heterocycles. The smallest absolute Gasteiger partial charge is 0.231 e. The second-order valence-electron chi connectivity index (χ2n) is 8.08. The fourth-order valence-corrected chi connectivity index (χ4v) is 4.00. The van der Waals surface area contributed by atoms with E-state index in [-0.39, 0.29) is 18.3 Å². The number of hydrogen-bond donors (Lipinski definition) is 0. The van der Waals surface area contributed by atoms with Gasteiger partial charge >= 0.3 is 0 Å². The summed E-state index contributed by atoms with van der Waals surface area (Å²) in [6, 6.07) is 9.93. The third-order valence-electron chi connectivity index (χ3n) is 5.90. The van der Waals surface area contributed by atoms with Crippen LogP contribution in [0.2, 0.25) is 0 Å². The molecule has 2 aliphatic rings. The molecule has 2 aliphatic heterocycles. The Kier molecular flexibility index (Phi) is 8.47. The van der Waals surface area contributed by atoms with E-state index in [0.29, 0.717) is 31.3 Å². The van der Waals surface area contributed by atoms with E-state index >= 15 is 0 Å². The minimum atomic E-state index is 0. The molecule has 0 bridgehead atoms. The predicted molar refractivity (Wildman–Crippen MR) is 130 cm³/mol. The van der Waals surface area contributed by atoms with Gasteiger partial charge in [0.15, 0.2) is 23.0 Å². The number of rotatable bonds is 9. The van der Waals surface area contributed by atoms with Crippen molar-refractivity contribution in [1.29, 1.82) is 0 Å². The minimum absolute atomic E-state index is 0. The van der Waals surface area contributed by atoms with Crippen molar-refractivity contribution in [3.63, 3.8) is 0 Å². The lowest BCUT2D eigenvalue weighted by Gasteiger charge is -2.20. The maximum Gasteiger partial charge on any atom is 0.231 e. The molecule has 1 amide bonds. The van der Waals surface area contributed by atoms with Gasteiger partial charge in [0.1, 0.15) is 0 Å². The number of amides is 1. The molecule has 0 aromatic heterocycles. The second-order valence-corrected chi connectivity index (χ2v) is 8.08. The Labute approximate surface area is 201 Å². The van der Waals surface area contributed by atoms with Crippen LogP contribution in [0.4, 0.5) is 0 Å². The first-order valence-electron chi connectivity index (χ1n) is 10.9. The largest absolute Gasteiger partial charge is 0.493 e. The highest BCUT2D eigenvalue weighted by Gasteiger charge is 2.19. The van der Waals surface area contributed by atoms with Crippen molar-refractivity contribution in [1.82, 2.24) is 9.80 Å². The van der Waals surface area contributed by atoms with Gasteiger partial charge < -0.3 is 28.7 Å². The first kappa shape index (κ1) is 24.7. The molecule has 4 rings (SSSR count). The van der Waals surface area contributed by atoms with Crippen LogP contribution < -0.4 is 18.9 Å². The Balaban J connectivity index is 0.00000306. The molecule has 2 aromatic carbocycles. The fraction of sp³-hybridized carbons (Fsp3) is 0.400. The van der Waals surface area contributed by atoms with Crippen LogP contribution in [0.15, 0.2) is 36.5 Å². The summed E-state index contributed by atoms with van der Waals surface area (Å²) in [6.45, 7) is 2.84. The van der Waals surface area contributed by atoms with Gasteiger partial charge in [-0.3, -0.25) is 4.79 Å². The number of carbonyl (C=O) groups is 1. The molecule has 0 radical (unpaired) electrons. The number of likely N-dealkylation sites (N-methyl/N-ethyl adjacent to an activating group) is 1. The Hall–Kier alpha value is -2.90. The van der Waals surface area contributed by atoms with Gasteiger partial charge in [0, 0.05) is 19.3 Å². The maximum atomic E-state index is 12.8. The van der Waals surface area contributed by atoms with Crippen molar-refractivity contribution in [3.05, 3.63) is 53.2 Å². The van der Waals surface area contributed by atoms with Crippen LogP contribution in [-0.4, -0.2) is 63.4 Å². The standard InChI is InChI=1S/C25H30N2O5.ClH/c1-26(11-7-18-5-6-21-24(13-18)32-17-31-21)9-4-10-27-12-8-19-14-22(29-2)23(30-3)15-20(19)16-25(27)28;/h5-6,8,12-15H,4,7,9-11,16-17H2,1-3H3;1H. The highest BCUT2D eigenvalue weighted by atomic mass is 35.5. The first-order chi connectivity index (χ1) is 15.6. The summed E-state index contributed by atoms with van der Waals surface area (Å²) >= 11 is 0. The molecular weight excluding hydrogens is 444 g/mol. The van der Waals surface area contributed by atoms with E-state index in [4.69, 9.17) is 18.9 Å². The summed E-state index contributed by atoms with van der Waals surface area (Å²) in [5.74, 6) is 3.05. The lowest BCUT2D eigenvalue weighted by atomic mass is 10.0. The molecule has 0 aliphatic carbocycles. The van der Waals surface area contributed by atoms with Gasteiger partial charge in [-0.25, -0.2) is 0 Å². The van der Waals surface area contributed by atoms with Crippen molar-refractivity contribution in [2.24, 2.45) is 0 Å². The SMILES string of the molecule is COc1cc2c(cc1OC)CC(=O)N(CCCN(C)CCc1ccc3c(c1)OCO3)C=C2.Cl. The number of ether oxygens (including phenoxy) is 4. The lowest BCUT2D eigenvalue weighted by Crippen LogP contribution is -2.30. The van der Waals surface area contributed by atoms with Crippen molar-refractivity contribution < 1.29 is 23.7 Å². The van der Waals surface area contributed by atoms with Crippen LogP contribution in [0.5, 0.6) is 23.0 Å². The Morgan fingerprint density at radius 3 is 2.58 bits per heavy atom. The molecule has 2 aromatic rings. The first-order valence-corrected chi connectivity index (χ1v) is 10.9. The zero-order valence-corrected chi connectivity index (χ0v) is 20.2. The second kappa shape index (κ2) is 11.3. The average Bonchev–Trinajstić information content (AvgIpc) is 3.21. The number of benzene rings is 2. The monoisotopic (exact) mass is 474 g/mol. The van der Waals surface area contributed by atoms with Gasteiger partial charge in [-0.1, -0.05) is 6.07 Å². The van der Waals surface area contributed by atoms with Crippen LogP contribution in [0.25, 0.3) is 6.08 Å². The molecule has 0 saturated heterocycles. The molecular formula is C25H31ClN2O5. The molecule has 0 fully saturated rings. The Morgan fingerprint density at radius 1 is 1.03 bits per heavy atom.